The zero-order chi connectivity index (χ0) is 21.7. The fourth-order valence-electron chi connectivity index (χ4n) is 2.67. The molecular formula is C21H15BrN2O6. The molecule has 30 heavy (non-hydrogen) atoms. The van der Waals surface area contributed by atoms with Gasteiger partial charge in [-0.15, -0.1) is 0 Å². The lowest BCUT2D eigenvalue weighted by molar-refractivity contribution is -0.384. The molecule has 0 atom stereocenters. The van der Waals surface area contributed by atoms with Gasteiger partial charge in [0.2, 0.25) is 0 Å². The maximum Gasteiger partial charge on any atom is 0.337 e. The number of amides is 1. The van der Waals surface area contributed by atoms with Crippen LogP contribution in [0.4, 0.5) is 11.4 Å². The number of benzene rings is 3. The predicted octanol–water partition coefficient (Wildman–Crippen LogP) is 4.89. The van der Waals surface area contributed by atoms with E-state index in [4.69, 9.17) is 4.74 Å². The largest absolute Gasteiger partial charge is 0.489 e. The van der Waals surface area contributed by atoms with Gasteiger partial charge >= 0.3 is 5.97 Å². The van der Waals surface area contributed by atoms with Crippen molar-refractivity contribution >= 4 is 39.2 Å². The summed E-state index contributed by atoms with van der Waals surface area (Å²) in [6, 6.07) is 17.0. The minimum absolute atomic E-state index is 0.0353. The summed E-state index contributed by atoms with van der Waals surface area (Å²) >= 11 is 3.25. The normalized spacial score (nSPS) is 10.3. The summed E-state index contributed by atoms with van der Waals surface area (Å²) in [6.07, 6.45) is 0. The quantitative estimate of drug-likeness (QED) is 0.374. The van der Waals surface area contributed by atoms with Crippen LogP contribution in [0.2, 0.25) is 0 Å². The molecule has 0 radical (unpaired) electrons. The number of nitro benzene ring substituents is 1. The highest BCUT2D eigenvalue weighted by atomic mass is 79.9. The number of para-hydroxylation sites is 1. The molecule has 0 saturated carbocycles. The predicted molar refractivity (Wildman–Crippen MR) is 113 cm³/mol. The van der Waals surface area contributed by atoms with Gasteiger partial charge in [0.15, 0.2) is 0 Å². The van der Waals surface area contributed by atoms with Crippen molar-refractivity contribution in [2.75, 3.05) is 5.32 Å². The summed E-state index contributed by atoms with van der Waals surface area (Å²) in [6.45, 7) is 0.0835. The molecule has 0 aliphatic carbocycles. The van der Waals surface area contributed by atoms with E-state index in [1.807, 2.05) is 0 Å². The standard InChI is InChI=1S/C21H15BrN2O6/c22-18-9-3-8-17(21(26)27)19(18)23-20(25)14-5-2-7-16(11-14)30-12-13-4-1-6-15(10-13)24(28)29/h1-11H,12H2,(H,23,25)(H,26,27). The Bertz CT molecular complexity index is 1130. The van der Waals surface area contributed by atoms with E-state index >= 15 is 0 Å². The number of ether oxygens (including phenoxy) is 1. The number of non-ortho nitro benzene ring substituents is 1. The van der Waals surface area contributed by atoms with E-state index in [0.717, 1.165) is 0 Å². The maximum absolute atomic E-state index is 12.6. The lowest BCUT2D eigenvalue weighted by Crippen LogP contribution is -2.15. The molecule has 0 unspecified atom stereocenters. The van der Waals surface area contributed by atoms with Gasteiger partial charge in [-0.3, -0.25) is 14.9 Å². The average Bonchev–Trinajstić information content (AvgIpc) is 2.74. The first-order valence-corrected chi connectivity index (χ1v) is 9.44. The number of anilines is 1. The second-order valence-electron chi connectivity index (χ2n) is 6.17. The van der Waals surface area contributed by atoms with Crippen LogP contribution in [-0.2, 0) is 6.61 Å². The number of nitrogens with one attached hydrogen (secondary N) is 1. The first kappa shape index (κ1) is 21.0. The van der Waals surface area contributed by atoms with Gasteiger partial charge in [0.25, 0.3) is 11.6 Å². The number of carboxylic acid groups (broad SMARTS) is 1. The minimum Gasteiger partial charge on any atom is -0.489 e. The summed E-state index contributed by atoms with van der Waals surface area (Å²) in [7, 11) is 0. The van der Waals surface area contributed by atoms with Gasteiger partial charge in [0, 0.05) is 22.2 Å². The molecule has 152 valence electrons. The van der Waals surface area contributed by atoms with Gasteiger partial charge in [0.05, 0.1) is 16.2 Å². The number of carbonyl (C=O) groups is 2. The molecule has 0 aliphatic heterocycles. The van der Waals surface area contributed by atoms with Crippen LogP contribution in [0.3, 0.4) is 0 Å². The van der Waals surface area contributed by atoms with Crippen molar-refractivity contribution in [1.29, 1.82) is 0 Å². The van der Waals surface area contributed by atoms with Crippen LogP contribution in [0, 0.1) is 10.1 Å². The molecule has 9 heteroatoms. The molecule has 0 saturated heterocycles. The fraction of sp³-hybridized carbons (Fsp3) is 0.0476. The Morgan fingerprint density at radius 2 is 1.80 bits per heavy atom. The summed E-state index contributed by atoms with van der Waals surface area (Å²) in [5, 5.41) is 22.8. The Morgan fingerprint density at radius 1 is 1.07 bits per heavy atom. The summed E-state index contributed by atoms with van der Waals surface area (Å²) in [4.78, 5) is 34.4. The molecule has 3 rings (SSSR count). The molecule has 0 aromatic heterocycles. The van der Waals surface area contributed by atoms with Crippen LogP contribution < -0.4 is 10.1 Å². The molecule has 0 fully saturated rings. The number of nitrogens with zero attached hydrogens (tertiary/aromatic N) is 1. The average molecular weight is 471 g/mol. The fourth-order valence-corrected chi connectivity index (χ4v) is 3.13. The minimum atomic E-state index is -1.17. The first-order valence-electron chi connectivity index (χ1n) is 8.64. The molecule has 2 N–H and O–H groups in total. The molecule has 0 spiro atoms. The number of carbonyl (C=O) groups excluding carboxylic acids is 1. The van der Waals surface area contributed by atoms with Crippen molar-refractivity contribution < 1.29 is 24.4 Å². The Labute approximate surface area is 179 Å². The van der Waals surface area contributed by atoms with Crippen LogP contribution in [0.5, 0.6) is 5.75 Å². The van der Waals surface area contributed by atoms with Gasteiger partial charge in [-0.05, 0) is 51.8 Å². The number of nitro groups is 1. The van der Waals surface area contributed by atoms with Crippen LogP contribution in [-0.4, -0.2) is 21.9 Å². The zero-order valence-corrected chi connectivity index (χ0v) is 17.0. The third-order valence-electron chi connectivity index (χ3n) is 4.11. The van der Waals surface area contributed by atoms with Crippen molar-refractivity contribution in [3.8, 4) is 5.75 Å². The van der Waals surface area contributed by atoms with Crippen LogP contribution >= 0.6 is 15.9 Å². The molecule has 8 nitrogen and oxygen atoms in total. The number of hydrogen-bond donors (Lipinski definition) is 2. The van der Waals surface area contributed by atoms with E-state index < -0.39 is 16.8 Å². The first-order chi connectivity index (χ1) is 14.3. The lowest BCUT2D eigenvalue weighted by Gasteiger charge is -2.12. The SMILES string of the molecule is O=C(Nc1c(Br)cccc1C(=O)O)c1cccc(OCc2cccc([N+](=O)[O-])c2)c1. The Balaban J connectivity index is 1.74. The van der Waals surface area contributed by atoms with Crippen molar-refractivity contribution in [3.05, 3.63) is 98.0 Å². The highest BCUT2D eigenvalue weighted by molar-refractivity contribution is 9.10. The van der Waals surface area contributed by atoms with E-state index in [1.165, 1.54) is 24.3 Å². The zero-order valence-electron chi connectivity index (χ0n) is 15.4. The van der Waals surface area contributed by atoms with E-state index in [2.05, 4.69) is 21.2 Å². The van der Waals surface area contributed by atoms with Crippen molar-refractivity contribution in [1.82, 2.24) is 0 Å². The van der Waals surface area contributed by atoms with Crippen LogP contribution in [0.15, 0.2) is 71.2 Å². The molecule has 3 aromatic carbocycles. The Kier molecular flexibility index (Phi) is 6.43. The third kappa shape index (κ3) is 5.00. The van der Waals surface area contributed by atoms with Gasteiger partial charge < -0.3 is 15.2 Å². The van der Waals surface area contributed by atoms with Crippen molar-refractivity contribution in [3.63, 3.8) is 0 Å². The van der Waals surface area contributed by atoms with Gasteiger partial charge in [0.1, 0.15) is 12.4 Å². The topological polar surface area (TPSA) is 119 Å². The number of hydrogen-bond acceptors (Lipinski definition) is 5. The second-order valence-corrected chi connectivity index (χ2v) is 7.02. The maximum atomic E-state index is 12.6. The Hall–Kier alpha value is -3.72. The number of aromatic carboxylic acids is 1. The highest BCUT2D eigenvalue weighted by Gasteiger charge is 2.16. The summed E-state index contributed by atoms with van der Waals surface area (Å²) in [5.41, 5.74) is 0.942. The molecule has 1 amide bonds. The monoisotopic (exact) mass is 470 g/mol. The van der Waals surface area contributed by atoms with Crippen molar-refractivity contribution in [2.45, 2.75) is 6.61 Å². The number of rotatable bonds is 7. The summed E-state index contributed by atoms with van der Waals surface area (Å²) in [5.74, 6) is -1.29. The summed E-state index contributed by atoms with van der Waals surface area (Å²) < 4.78 is 6.09. The molecule has 0 heterocycles. The van der Waals surface area contributed by atoms with Gasteiger partial charge in [-0.1, -0.05) is 24.3 Å². The van der Waals surface area contributed by atoms with Gasteiger partial charge in [-0.2, -0.15) is 0 Å². The third-order valence-corrected chi connectivity index (χ3v) is 4.77. The van der Waals surface area contributed by atoms with Crippen molar-refractivity contribution in [2.24, 2.45) is 0 Å². The van der Waals surface area contributed by atoms with E-state index in [0.29, 0.717) is 15.8 Å². The number of carboxylic acids is 1. The molecule has 0 bridgehead atoms. The van der Waals surface area contributed by atoms with Gasteiger partial charge in [-0.25, -0.2) is 4.79 Å². The Morgan fingerprint density at radius 3 is 2.53 bits per heavy atom. The number of halogens is 1. The van der Waals surface area contributed by atoms with Crippen LogP contribution in [0.1, 0.15) is 26.3 Å². The van der Waals surface area contributed by atoms with E-state index in [-0.39, 0.29) is 29.1 Å². The molecule has 3 aromatic rings. The second kappa shape index (κ2) is 9.19. The molecule has 0 aliphatic rings. The lowest BCUT2D eigenvalue weighted by atomic mass is 10.1. The smallest absolute Gasteiger partial charge is 0.337 e. The van der Waals surface area contributed by atoms with Crippen LogP contribution in [0.25, 0.3) is 0 Å². The highest BCUT2D eigenvalue weighted by Crippen LogP contribution is 2.27. The molecular weight excluding hydrogens is 456 g/mol. The van der Waals surface area contributed by atoms with E-state index in [9.17, 15) is 24.8 Å². The van der Waals surface area contributed by atoms with E-state index in [1.54, 1.807) is 42.5 Å².